The molecule has 3 aromatic rings. The number of hydrogen-bond donors (Lipinski definition) is 3. The van der Waals surface area contributed by atoms with Crippen LogP contribution >= 0.6 is 34.5 Å². The summed E-state index contributed by atoms with van der Waals surface area (Å²) in [7, 11) is 0. The van der Waals surface area contributed by atoms with Crippen molar-refractivity contribution < 1.29 is 14.4 Å². The van der Waals surface area contributed by atoms with Gasteiger partial charge in [0.15, 0.2) is 11.7 Å². The molecule has 0 saturated carbocycles. The van der Waals surface area contributed by atoms with Gasteiger partial charge in [-0.3, -0.25) is 19.3 Å². The van der Waals surface area contributed by atoms with Gasteiger partial charge in [0, 0.05) is 21.1 Å². The van der Waals surface area contributed by atoms with Crippen LogP contribution < -0.4 is 21.7 Å². The number of anilines is 2. The number of nitrogens with two attached hydrogens (primary N) is 2. The van der Waals surface area contributed by atoms with Crippen molar-refractivity contribution in [3.05, 3.63) is 62.2 Å². The molecule has 1 atom stereocenters. The minimum absolute atomic E-state index is 0.0128. The zero-order valence-electron chi connectivity index (χ0n) is 17.6. The van der Waals surface area contributed by atoms with Crippen LogP contribution in [0.4, 0.5) is 11.4 Å². The lowest BCUT2D eigenvalue weighted by Gasteiger charge is -2.32. The van der Waals surface area contributed by atoms with Crippen LogP contribution in [0.3, 0.4) is 0 Å². The number of nitrogen functional groups attached to an aromatic ring is 1. The molecule has 0 aliphatic carbocycles. The number of carbonyl (C=O) groups excluding carboxylic acids is 3. The maximum absolute atomic E-state index is 13.7. The number of nitrogens with zero attached hydrogens (tertiary/aromatic N) is 2. The Morgan fingerprint density at radius 3 is 2.31 bits per heavy atom. The van der Waals surface area contributed by atoms with E-state index in [0.717, 1.165) is 11.5 Å². The van der Waals surface area contributed by atoms with E-state index in [0.29, 0.717) is 15.6 Å². The smallest absolute Gasteiger partial charge is 0.273 e. The highest BCUT2D eigenvalue weighted by Crippen LogP contribution is 2.35. The molecule has 2 aromatic heterocycles. The molecule has 3 amide bonds. The molecular formula is C21H22ClN5O3S2. The third-order valence-corrected chi connectivity index (χ3v) is 6.32. The summed E-state index contributed by atoms with van der Waals surface area (Å²) in [6, 6.07) is 9.09. The van der Waals surface area contributed by atoms with Gasteiger partial charge in [0.05, 0.1) is 5.69 Å². The quantitative estimate of drug-likeness (QED) is 0.482. The molecule has 2 heterocycles. The van der Waals surface area contributed by atoms with Crippen molar-refractivity contribution in [1.29, 1.82) is 0 Å². The largest absolute Gasteiger partial charge is 0.395 e. The molecule has 0 saturated heterocycles. The van der Waals surface area contributed by atoms with Crippen LogP contribution in [-0.4, -0.2) is 27.6 Å². The van der Waals surface area contributed by atoms with E-state index in [9.17, 15) is 14.4 Å². The second-order valence-corrected chi connectivity index (χ2v) is 10.1. The van der Waals surface area contributed by atoms with Crippen LogP contribution in [-0.2, 0) is 4.79 Å². The van der Waals surface area contributed by atoms with Crippen molar-refractivity contribution >= 4 is 63.6 Å². The first-order chi connectivity index (χ1) is 15.0. The van der Waals surface area contributed by atoms with Crippen molar-refractivity contribution in [3.63, 3.8) is 0 Å². The van der Waals surface area contributed by atoms with Crippen LogP contribution in [0.25, 0.3) is 0 Å². The Kier molecular flexibility index (Phi) is 6.87. The molecule has 11 heteroatoms. The number of amides is 3. The van der Waals surface area contributed by atoms with E-state index in [1.807, 2.05) is 26.2 Å². The third kappa shape index (κ3) is 5.09. The predicted octanol–water partition coefficient (Wildman–Crippen LogP) is 3.84. The first-order valence-corrected chi connectivity index (χ1v) is 11.5. The van der Waals surface area contributed by atoms with E-state index >= 15 is 0 Å². The third-order valence-electron chi connectivity index (χ3n) is 4.30. The van der Waals surface area contributed by atoms with Gasteiger partial charge >= 0.3 is 0 Å². The van der Waals surface area contributed by atoms with Gasteiger partial charge in [-0.1, -0.05) is 17.7 Å². The van der Waals surface area contributed by atoms with Crippen molar-refractivity contribution in [3.8, 4) is 0 Å². The average molecular weight is 492 g/mol. The molecule has 32 heavy (non-hydrogen) atoms. The van der Waals surface area contributed by atoms with Gasteiger partial charge in [0.25, 0.3) is 11.8 Å². The molecule has 0 unspecified atom stereocenters. The molecule has 0 aliphatic heterocycles. The van der Waals surface area contributed by atoms with Gasteiger partial charge in [-0.05, 0) is 68.0 Å². The number of hydrogen-bond acceptors (Lipinski definition) is 7. The fraction of sp³-hybridized carbons (Fsp3) is 0.238. The summed E-state index contributed by atoms with van der Waals surface area (Å²) in [5.41, 5.74) is 10.9. The number of rotatable bonds is 6. The minimum atomic E-state index is -0.999. The van der Waals surface area contributed by atoms with Crippen molar-refractivity contribution in [2.45, 2.75) is 32.4 Å². The zero-order chi connectivity index (χ0) is 23.6. The van der Waals surface area contributed by atoms with Crippen LogP contribution in [0.2, 0.25) is 5.02 Å². The Hall–Kier alpha value is -2.95. The molecular weight excluding hydrogens is 470 g/mol. The number of halogens is 1. The van der Waals surface area contributed by atoms with Crippen molar-refractivity contribution in [2.75, 3.05) is 10.6 Å². The first kappa shape index (κ1) is 23.7. The number of thiophene rings is 1. The topological polar surface area (TPSA) is 131 Å². The Bertz CT molecular complexity index is 1140. The molecule has 5 N–H and O–H groups in total. The van der Waals surface area contributed by atoms with Crippen LogP contribution in [0.15, 0.2) is 41.8 Å². The lowest BCUT2D eigenvalue weighted by molar-refractivity contribution is -0.123. The van der Waals surface area contributed by atoms with Gasteiger partial charge in [-0.25, -0.2) is 0 Å². The second-order valence-electron chi connectivity index (χ2n) is 7.95. The van der Waals surface area contributed by atoms with Gasteiger partial charge < -0.3 is 16.8 Å². The van der Waals surface area contributed by atoms with E-state index in [1.165, 1.54) is 16.2 Å². The summed E-state index contributed by atoms with van der Waals surface area (Å²) in [5, 5.41) is 5.24. The SMILES string of the molecule is CC(C)(C)NC(=O)[C@@H](c1cccs1)N(C(=O)c1snc(C(N)=O)c1N)c1ccc(Cl)cc1. The van der Waals surface area contributed by atoms with Crippen LogP contribution in [0.5, 0.6) is 0 Å². The lowest BCUT2D eigenvalue weighted by Crippen LogP contribution is -2.49. The fourth-order valence-electron chi connectivity index (χ4n) is 2.98. The van der Waals surface area contributed by atoms with Crippen LogP contribution in [0, 0.1) is 0 Å². The number of aromatic nitrogens is 1. The van der Waals surface area contributed by atoms with Crippen molar-refractivity contribution in [1.82, 2.24) is 9.69 Å². The average Bonchev–Trinajstić information content (AvgIpc) is 3.34. The molecule has 1 aromatic carbocycles. The summed E-state index contributed by atoms with van der Waals surface area (Å²) in [6.45, 7) is 5.56. The summed E-state index contributed by atoms with van der Waals surface area (Å²) in [6.07, 6.45) is 0. The van der Waals surface area contributed by atoms with Gasteiger partial charge in [-0.2, -0.15) is 4.37 Å². The minimum Gasteiger partial charge on any atom is -0.395 e. The number of primary amides is 1. The molecule has 0 spiro atoms. The summed E-state index contributed by atoms with van der Waals surface area (Å²) in [5.74, 6) is -1.80. The van der Waals surface area contributed by atoms with Crippen LogP contribution in [0.1, 0.15) is 51.9 Å². The second kappa shape index (κ2) is 9.27. The molecule has 168 valence electrons. The molecule has 8 nitrogen and oxygen atoms in total. The lowest BCUT2D eigenvalue weighted by atomic mass is 10.1. The standard InChI is InChI=1S/C21H22ClN5O3S2/c1-21(2,3)25-19(29)16(13-5-4-10-31-13)27(12-8-6-11(22)7-9-12)20(30)17-14(23)15(18(24)28)26-32-17/h4-10,16H,23H2,1-3H3,(H2,24,28)(H,25,29)/t16-/m1/s1. The monoisotopic (exact) mass is 491 g/mol. The highest BCUT2D eigenvalue weighted by molar-refractivity contribution is 7.10. The Balaban J connectivity index is 2.18. The molecule has 0 aliphatic rings. The Labute approximate surface area is 198 Å². The molecule has 0 bridgehead atoms. The van der Waals surface area contributed by atoms with Crippen molar-refractivity contribution in [2.24, 2.45) is 5.73 Å². The van der Waals surface area contributed by atoms with E-state index in [2.05, 4.69) is 9.69 Å². The Morgan fingerprint density at radius 2 is 1.81 bits per heavy atom. The predicted molar refractivity (Wildman–Crippen MR) is 128 cm³/mol. The number of nitrogens with one attached hydrogen (secondary N) is 1. The maximum atomic E-state index is 13.7. The summed E-state index contributed by atoms with van der Waals surface area (Å²) in [4.78, 5) is 40.8. The number of carbonyl (C=O) groups is 3. The van der Waals surface area contributed by atoms with E-state index < -0.39 is 23.4 Å². The van der Waals surface area contributed by atoms with Gasteiger partial charge in [0.1, 0.15) is 4.88 Å². The summed E-state index contributed by atoms with van der Waals surface area (Å²) < 4.78 is 3.93. The molecule has 0 fully saturated rings. The maximum Gasteiger partial charge on any atom is 0.273 e. The zero-order valence-corrected chi connectivity index (χ0v) is 20.0. The highest BCUT2D eigenvalue weighted by Gasteiger charge is 2.37. The van der Waals surface area contributed by atoms with Gasteiger partial charge in [0.2, 0.25) is 5.91 Å². The van der Waals surface area contributed by atoms with Gasteiger partial charge in [-0.15, -0.1) is 11.3 Å². The highest BCUT2D eigenvalue weighted by atomic mass is 35.5. The normalized spacial score (nSPS) is 12.2. The van der Waals surface area contributed by atoms with E-state index in [1.54, 1.807) is 36.4 Å². The summed E-state index contributed by atoms with van der Waals surface area (Å²) >= 11 is 8.14. The van der Waals surface area contributed by atoms with E-state index in [4.69, 9.17) is 23.1 Å². The number of benzene rings is 1. The fourth-order valence-corrected chi connectivity index (χ4v) is 4.66. The molecule has 0 radical (unpaired) electrons. The molecule has 3 rings (SSSR count). The first-order valence-electron chi connectivity index (χ1n) is 9.49. The Morgan fingerprint density at radius 1 is 1.16 bits per heavy atom. The van der Waals surface area contributed by atoms with E-state index in [-0.39, 0.29) is 22.2 Å².